The zero-order valence-corrected chi connectivity index (χ0v) is 15.4. The Bertz CT molecular complexity index is 1200. The number of aromatic amines is 1. The predicted octanol–water partition coefficient (Wildman–Crippen LogP) is 3.89. The number of rotatable bonds is 4. The number of hydrogen-bond donors (Lipinski definition) is 1. The summed E-state index contributed by atoms with van der Waals surface area (Å²) in [6.07, 6.45) is 3.10. The molecule has 0 fully saturated rings. The monoisotopic (exact) mass is 360 g/mol. The molecule has 0 radical (unpaired) electrons. The van der Waals surface area contributed by atoms with Crippen LogP contribution in [-0.2, 0) is 0 Å². The zero-order valence-electron chi connectivity index (χ0n) is 15.4. The number of nitrogens with zero attached hydrogens (tertiary/aromatic N) is 3. The maximum Gasteiger partial charge on any atom is 0.298 e. The third-order valence-electron chi connectivity index (χ3n) is 4.63. The molecule has 0 aliphatic rings. The van der Waals surface area contributed by atoms with Crippen LogP contribution in [0.5, 0.6) is 5.75 Å². The van der Waals surface area contributed by atoms with Gasteiger partial charge in [0, 0.05) is 11.5 Å². The van der Waals surface area contributed by atoms with Crippen LogP contribution in [-0.4, -0.2) is 28.0 Å². The number of benzene rings is 2. The molecule has 0 amide bonds. The first kappa shape index (κ1) is 17.0. The summed E-state index contributed by atoms with van der Waals surface area (Å²) in [6, 6.07) is 13.7. The second-order valence-electron chi connectivity index (χ2n) is 6.72. The van der Waals surface area contributed by atoms with Crippen molar-refractivity contribution in [1.29, 1.82) is 0 Å². The number of fused-ring (bicyclic) bond motifs is 3. The second-order valence-corrected chi connectivity index (χ2v) is 6.72. The van der Waals surface area contributed by atoms with E-state index in [1.165, 1.54) is 16.6 Å². The molecule has 1 N–H and O–H groups in total. The van der Waals surface area contributed by atoms with Gasteiger partial charge >= 0.3 is 0 Å². The molecular weight excluding hydrogens is 340 g/mol. The lowest BCUT2D eigenvalue weighted by molar-refractivity contribution is 0.415. The van der Waals surface area contributed by atoms with Crippen LogP contribution in [0.25, 0.3) is 21.9 Å². The van der Waals surface area contributed by atoms with Crippen LogP contribution in [0, 0.1) is 0 Å². The van der Waals surface area contributed by atoms with Gasteiger partial charge < -0.3 is 9.72 Å². The van der Waals surface area contributed by atoms with Crippen molar-refractivity contribution >= 4 is 28.2 Å². The third kappa shape index (κ3) is 3.10. The number of nitrogens with one attached hydrogen (secondary N) is 1. The molecule has 0 aliphatic carbocycles. The fourth-order valence-electron chi connectivity index (χ4n) is 3.04. The molecule has 0 unspecified atom stereocenters. The van der Waals surface area contributed by atoms with E-state index in [2.05, 4.69) is 41.0 Å². The van der Waals surface area contributed by atoms with Crippen molar-refractivity contribution in [2.75, 3.05) is 7.11 Å². The molecule has 0 spiro atoms. The van der Waals surface area contributed by atoms with Crippen LogP contribution < -0.4 is 10.3 Å². The van der Waals surface area contributed by atoms with Gasteiger partial charge in [-0.05, 0) is 29.2 Å². The van der Waals surface area contributed by atoms with E-state index in [-0.39, 0.29) is 5.56 Å². The fraction of sp³-hybridized carbons (Fsp3) is 0.190. The van der Waals surface area contributed by atoms with Gasteiger partial charge in [-0.25, -0.2) is 4.98 Å². The first-order chi connectivity index (χ1) is 13.1. The minimum atomic E-state index is -0.245. The van der Waals surface area contributed by atoms with Crippen LogP contribution >= 0.6 is 0 Å². The molecule has 6 heteroatoms. The highest BCUT2D eigenvalue weighted by Crippen LogP contribution is 2.25. The van der Waals surface area contributed by atoms with E-state index in [9.17, 15) is 4.79 Å². The Labute approximate surface area is 156 Å². The van der Waals surface area contributed by atoms with Crippen molar-refractivity contribution in [3.05, 3.63) is 70.3 Å². The van der Waals surface area contributed by atoms with Gasteiger partial charge in [0.15, 0.2) is 0 Å². The molecule has 2 aromatic heterocycles. The van der Waals surface area contributed by atoms with E-state index in [4.69, 9.17) is 4.74 Å². The Kier molecular flexibility index (Phi) is 4.24. The Balaban J connectivity index is 1.73. The highest BCUT2D eigenvalue weighted by atomic mass is 16.5. The standard InChI is InChI=1S/C21H20N4O2/c1-13(2)15-6-4-14(5-7-15)11-23-25-12-22-19-17-9-8-16(27-3)10-18(17)24-20(19)21(25)26/h4-13,24H,1-3H3/b23-11+. The zero-order chi connectivity index (χ0) is 19.0. The van der Waals surface area contributed by atoms with Gasteiger partial charge in [0.2, 0.25) is 0 Å². The average molecular weight is 360 g/mol. The Morgan fingerprint density at radius 3 is 2.67 bits per heavy atom. The second kappa shape index (κ2) is 6.72. The maximum atomic E-state index is 12.8. The van der Waals surface area contributed by atoms with Gasteiger partial charge in [-0.2, -0.15) is 9.78 Å². The molecular formula is C21H20N4O2. The van der Waals surface area contributed by atoms with Gasteiger partial charge in [0.1, 0.15) is 23.1 Å². The van der Waals surface area contributed by atoms with Crippen molar-refractivity contribution in [1.82, 2.24) is 14.6 Å². The smallest absolute Gasteiger partial charge is 0.298 e. The van der Waals surface area contributed by atoms with Crippen molar-refractivity contribution < 1.29 is 4.74 Å². The van der Waals surface area contributed by atoms with E-state index in [1.54, 1.807) is 13.3 Å². The maximum absolute atomic E-state index is 12.8. The molecule has 4 aromatic rings. The molecule has 4 rings (SSSR count). The van der Waals surface area contributed by atoms with E-state index >= 15 is 0 Å². The summed E-state index contributed by atoms with van der Waals surface area (Å²) in [4.78, 5) is 20.3. The van der Waals surface area contributed by atoms with Crippen LogP contribution in [0.15, 0.2) is 58.7 Å². The first-order valence-corrected chi connectivity index (χ1v) is 8.78. The van der Waals surface area contributed by atoms with Crippen LogP contribution in [0.3, 0.4) is 0 Å². The number of aromatic nitrogens is 3. The summed E-state index contributed by atoms with van der Waals surface area (Å²) in [5, 5.41) is 5.15. The first-order valence-electron chi connectivity index (χ1n) is 8.78. The minimum absolute atomic E-state index is 0.245. The quantitative estimate of drug-likeness (QED) is 0.561. The number of methoxy groups -OCH3 is 1. The van der Waals surface area contributed by atoms with Crippen molar-refractivity contribution in [2.45, 2.75) is 19.8 Å². The summed E-state index contributed by atoms with van der Waals surface area (Å²) in [5.41, 5.74) is 3.80. The van der Waals surface area contributed by atoms with Crippen LogP contribution in [0.1, 0.15) is 30.9 Å². The van der Waals surface area contributed by atoms with Crippen LogP contribution in [0.4, 0.5) is 0 Å². The summed E-state index contributed by atoms with van der Waals surface area (Å²) >= 11 is 0. The third-order valence-corrected chi connectivity index (χ3v) is 4.63. The summed E-state index contributed by atoms with van der Waals surface area (Å²) in [5.74, 6) is 1.20. The fourth-order valence-corrected chi connectivity index (χ4v) is 3.04. The number of hydrogen-bond acceptors (Lipinski definition) is 4. The summed E-state index contributed by atoms with van der Waals surface area (Å²) in [7, 11) is 1.61. The van der Waals surface area contributed by atoms with E-state index < -0.39 is 0 Å². The Morgan fingerprint density at radius 1 is 1.19 bits per heavy atom. The Morgan fingerprint density at radius 2 is 1.96 bits per heavy atom. The van der Waals surface area contributed by atoms with E-state index in [0.29, 0.717) is 17.0 Å². The van der Waals surface area contributed by atoms with Crippen molar-refractivity contribution in [2.24, 2.45) is 5.10 Å². The molecule has 6 nitrogen and oxygen atoms in total. The van der Waals surface area contributed by atoms with E-state index in [0.717, 1.165) is 22.2 Å². The van der Waals surface area contributed by atoms with Gasteiger partial charge in [0.05, 0.1) is 18.8 Å². The molecule has 0 atom stereocenters. The highest BCUT2D eigenvalue weighted by Gasteiger charge is 2.11. The van der Waals surface area contributed by atoms with Crippen molar-refractivity contribution in [3.8, 4) is 5.75 Å². The summed E-state index contributed by atoms with van der Waals surface area (Å²) < 4.78 is 6.48. The molecule has 0 aliphatic heterocycles. The molecule has 2 heterocycles. The van der Waals surface area contributed by atoms with E-state index in [1.807, 2.05) is 30.3 Å². The lowest BCUT2D eigenvalue weighted by atomic mass is 10.0. The molecule has 0 saturated heterocycles. The molecule has 0 saturated carbocycles. The van der Waals surface area contributed by atoms with Crippen molar-refractivity contribution in [3.63, 3.8) is 0 Å². The minimum Gasteiger partial charge on any atom is -0.497 e. The van der Waals surface area contributed by atoms with Crippen LogP contribution in [0.2, 0.25) is 0 Å². The van der Waals surface area contributed by atoms with Gasteiger partial charge in [-0.3, -0.25) is 4.79 Å². The Hall–Kier alpha value is -3.41. The average Bonchev–Trinajstić information content (AvgIpc) is 3.06. The number of H-pyrrole nitrogens is 1. The topological polar surface area (TPSA) is 72.3 Å². The predicted molar refractivity (Wildman–Crippen MR) is 108 cm³/mol. The largest absolute Gasteiger partial charge is 0.497 e. The van der Waals surface area contributed by atoms with Gasteiger partial charge in [-0.15, -0.1) is 0 Å². The normalized spacial score (nSPS) is 11.9. The molecule has 136 valence electrons. The van der Waals surface area contributed by atoms with Gasteiger partial charge in [-0.1, -0.05) is 38.1 Å². The number of ether oxygens (including phenoxy) is 1. The molecule has 0 bridgehead atoms. The highest BCUT2D eigenvalue weighted by molar-refractivity contribution is 6.04. The molecule has 27 heavy (non-hydrogen) atoms. The summed E-state index contributed by atoms with van der Waals surface area (Å²) in [6.45, 7) is 4.30. The SMILES string of the molecule is COc1ccc2c(c1)[nH]c1c(=O)n(/N=C/c3ccc(C(C)C)cc3)cnc12. The molecule has 2 aromatic carbocycles. The lowest BCUT2D eigenvalue weighted by Crippen LogP contribution is -2.17. The lowest BCUT2D eigenvalue weighted by Gasteiger charge is -2.04. The van der Waals surface area contributed by atoms with Gasteiger partial charge in [0.25, 0.3) is 5.56 Å².